The molecule has 3 aliphatic rings. The van der Waals surface area contributed by atoms with Crippen LogP contribution in [0.25, 0.3) is 0 Å². The summed E-state index contributed by atoms with van der Waals surface area (Å²) in [5.41, 5.74) is 0. The van der Waals surface area contributed by atoms with E-state index in [1.54, 1.807) is 9.75 Å². The second kappa shape index (κ2) is 7.86. The van der Waals surface area contributed by atoms with Gasteiger partial charge in [-0.1, -0.05) is 19.3 Å². The van der Waals surface area contributed by atoms with Crippen LogP contribution in [0.3, 0.4) is 0 Å². The molecule has 4 rings (SSSR count). The fraction of sp³-hybridized carbons (Fsp3) is 0.800. The molecule has 4 heteroatoms. The van der Waals surface area contributed by atoms with Crippen molar-refractivity contribution in [3.05, 3.63) is 21.9 Å². The van der Waals surface area contributed by atoms with Crippen molar-refractivity contribution < 1.29 is 0 Å². The van der Waals surface area contributed by atoms with Crippen molar-refractivity contribution in [3.8, 4) is 0 Å². The van der Waals surface area contributed by atoms with Gasteiger partial charge in [-0.2, -0.15) is 0 Å². The summed E-state index contributed by atoms with van der Waals surface area (Å²) in [4.78, 5) is 11.2. The highest BCUT2D eigenvalue weighted by atomic mass is 32.1. The lowest BCUT2D eigenvalue weighted by Crippen LogP contribution is -2.49. The molecule has 1 aliphatic carbocycles. The van der Waals surface area contributed by atoms with E-state index < -0.39 is 0 Å². The van der Waals surface area contributed by atoms with Crippen molar-refractivity contribution in [1.82, 2.24) is 14.7 Å². The highest BCUT2D eigenvalue weighted by Crippen LogP contribution is 2.36. The molecule has 0 N–H and O–H groups in total. The van der Waals surface area contributed by atoms with E-state index in [2.05, 4.69) is 45.2 Å². The second-order valence-electron chi connectivity index (χ2n) is 8.16. The summed E-state index contributed by atoms with van der Waals surface area (Å²) in [5.74, 6) is 0.870. The molecule has 1 unspecified atom stereocenters. The average Bonchev–Trinajstić information content (AvgIpc) is 3.27. The van der Waals surface area contributed by atoms with E-state index in [1.165, 1.54) is 84.3 Å². The molecule has 0 amide bonds. The molecule has 24 heavy (non-hydrogen) atoms. The quantitative estimate of drug-likeness (QED) is 0.824. The highest BCUT2D eigenvalue weighted by Gasteiger charge is 2.29. The van der Waals surface area contributed by atoms with Gasteiger partial charge in [-0.25, -0.2) is 0 Å². The van der Waals surface area contributed by atoms with Crippen molar-refractivity contribution in [2.24, 2.45) is 0 Å². The van der Waals surface area contributed by atoms with Gasteiger partial charge in [0.1, 0.15) is 0 Å². The molecule has 0 bridgehead atoms. The van der Waals surface area contributed by atoms with Crippen LogP contribution in [0.4, 0.5) is 0 Å². The molecule has 1 atom stereocenters. The van der Waals surface area contributed by atoms with Crippen LogP contribution in [0.1, 0.15) is 54.2 Å². The average molecular weight is 348 g/mol. The largest absolute Gasteiger partial charge is 0.304 e. The minimum Gasteiger partial charge on any atom is -0.304 e. The lowest BCUT2D eigenvalue weighted by molar-refractivity contribution is 0.112. The first-order valence-corrected chi connectivity index (χ1v) is 10.8. The van der Waals surface area contributed by atoms with Crippen molar-refractivity contribution >= 4 is 11.3 Å². The number of likely N-dealkylation sites (N-methyl/N-ethyl adjacent to an activating group) is 1. The van der Waals surface area contributed by atoms with E-state index >= 15 is 0 Å². The zero-order chi connectivity index (χ0) is 16.4. The van der Waals surface area contributed by atoms with Gasteiger partial charge in [0.2, 0.25) is 0 Å². The molecule has 1 saturated carbocycles. The van der Waals surface area contributed by atoms with E-state index in [1.807, 2.05) is 0 Å². The maximum Gasteiger partial charge on any atom is 0.0328 e. The van der Waals surface area contributed by atoms with Crippen LogP contribution in [0.15, 0.2) is 12.1 Å². The Hall–Kier alpha value is -0.420. The molecule has 134 valence electrons. The Morgan fingerprint density at radius 1 is 0.958 bits per heavy atom. The van der Waals surface area contributed by atoms with Crippen LogP contribution >= 0.6 is 11.3 Å². The Kier molecular flexibility index (Phi) is 5.57. The lowest BCUT2D eigenvalue weighted by Gasteiger charge is -2.36. The Morgan fingerprint density at radius 3 is 2.54 bits per heavy atom. The van der Waals surface area contributed by atoms with Gasteiger partial charge in [-0.3, -0.25) is 9.80 Å². The Labute approximate surface area is 151 Å². The molecule has 3 heterocycles. The molecule has 3 fully saturated rings. The summed E-state index contributed by atoms with van der Waals surface area (Å²) in [6.45, 7) is 8.76. The molecular formula is C20H33N3S. The number of nitrogens with zero attached hydrogens (tertiary/aromatic N) is 3. The van der Waals surface area contributed by atoms with Gasteiger partial charge in [0.15, 0.2) is 0 Å². The van der Waals surface area contributed by atoms with Crippen LogP contribution in [-0.4, -0.2) is 67.1 Å². The zero-order valence-corrected chi connectivity index (χ0v) is 16.1. The Balaban J connectivity index is 1.28. The topological polar surface area (TPSA) is 9.72 Å². The first-order chi connectivity index (χ1) is 11.8. The maximum absolute atomic E-state index is 2.74. The van der Waals surface area contributed by atoms with Crippen molar-refractivity contribution in [3.63, 3.8) is 0 Å². The van der Waals surface area contributed by atoms with Gasteiger partial charge in [0.25, 0.3) is 0 Å². The summed E-state index contributed by atoms with van der Waals surface area (Å²) < 4.78 is 0. The number of hydrogen-bond acceptors (Lipinski definition) is 4. The molecule has 3 nitrogen and oxygen atoms in total. The third kappa shape index (κ3) is 4.04. The standard InChI is InChI=1S/C20H33N3S/c1-21-11-13-23(14-12-21)18-9-10-22(15-18)16-19-7-8-20(24-19)17-5-3-2-4-6-17/h7-8,17-18H,2-6,9-16H2,1H3. The first kappa shape index (κ1) is 17.0. The summed E-state index contributed by atoms with van der Waals surface area (Å²) in [6, 6.07) is 5.65. The number of piperazine rings is 1. The normalized spacial score (nSPS) is 28.6. The summed E-state index contributed by atoms with van der Waals surface area (Å²) >= 11 is 2.10. The molecule has 2 aliphatic heterocycles. The number of thiophene rings is 1. The molecular weight excluding hydrogens is 314 g/mol. The van der Waals surface area contributed by atoms with Crippen molar-refractivity contribution in [2.45, 2.75) is 57.0 Å². The second-order valence-corrected chi connectivity index (χ2v) is 9.36. The van der Waals surface area contributed by atoms with E-state index in [0.717, 1.165) is 12.0 Å². The van der Waals surface area contributed by atoms with E-state index in [-0.39, 0.29) is 0 Å². The number of likely N-dealkylation sites (tertiary alicyclic amines) is 1. The zero-order valence-electron chi connectivity index (χ0n) is 15.3. The van der Waals surface area contributed by atoms with Crippen LogP contribution in [0.5, 0.6) is 0 Å². The predicted molar refractivity (Wildman–Crippen MR) is 103 cm³/mol. The molecule has 0 spiro atoms. The molecule has 1 aromatic rings. The van der Waals surface area contributed by atoms with Gasteiger partial charge in [-0.05, 0) is 44.4 Å². The van der Waals surface area contributed by atoms with Gasteiger partial charge in [0, 0.05) is 61.6 Å². The van der Waals surface area contributed by atoms with Crippen LogP contribution in [-0.2, 0) is 6.54 Å². The molecule has 2 saturated heterocycles. The van der Waals surface area contributed by atoms with Gasteiger partial charge >= 0.3 is 0 Å². The monoisotopic (exact) mass is 347 g/mol. The number of rotatable bonds is 4. The molecule has 1 aromatic heterocycles. The number of hydrogen-bond donors (Lipinski definition) is 0. The lowest BCUT2D eigenvalue weighted by atomic mass is 9.88. The SMILES string of the molecule is CN1CCN(C2CCN(Cc3ccc(C4CCCCC4)s3)C2)CC1. The fourth-order valence-electron chi connectivity index (χ4n) is 4.75. The smallest absolute Gasteiger partial charge is 0.0328 e. The van der Waals surface area contributed by atoms with Crippen LogP contribution in [0.2, 0.25) is 0 Å². The first-order valence-electron chi connectivity index (χ1n) is 10.0. The summed E-state index contributed by atoms with van der Waals surface area (Å²) in [5, 5.41) is 0. The minimum atomic E-state index is 0.802. The third-order valence-electron chi connectivity index (χ3n) is 6.37. The molecule has 0 radical (unpaired) electrons. The van der Waals surface area contributed by atoms with Crippen molar-refractivity contribution in [2.75, 3.05) is 46.3 Å². The van der Waals surface area contributed by atoms with Gasteiger partial charge in [0.05, 0.1) is 0 Å². The third-order valence-corrected chi connectivity index (χ3v) is 7.60. The van der Waals surface area contributed by atoms with Crippen LogP contribution < -0.4 is 0 Å². The maximum atomic E-state index is 2.74. The van der Waals surface area contributed by atoms with Crippen LogP contribution in [0, 0.1) is 0 Å². The van der Waals surface area contributed by atoms with Gasteiger partial charge < -0.3 is 4.90 Å². The van der Waals surface area contributed by atoms with Crippen molar-refractivity contribution in [1.29, 1.82) is 0 Å². The highest BCUT2D eigenvalue weighted by molar-refractivity contribution is 7.12. The van der Waals surface area contributed by atoms with E-state index in [0.29, 0.717) is 0 Å². The predicted octanol–water partition coefficient (Wildman–Crippen LogP) is 3.62. The fourth-order valence-corrected chi connectivity index (χ4v) is 5.97. The Bertz CT molecular complexity index is 515. The summed E-state index contributed by atoms with van der Waals surface area (Å²) in [7, 11) is 2.25. The van der Waals surface area contributed by atoms with E-state index in [4.69, 9.17) is 0 Å². The molecule has 0 aromatic carbocycles. The summed E-state index contributed by atoms with van der Waals surface area (Å²) in [6.07, 6.45) is 8.55. The van der Waals surface area contributed by atoms with E-state index in [9.17, 15) is 0 Å². The van der Waals surface area contributed by atoms with Gasteiger partial charge in [-0.15, -0.1) is 11.3 Å². The Morgan fingerprint density at radius 2 is 1.75 bits per heavy atom. The minimum absolute atomic E-state index is 0.802.